The average molecular weight is 1030 g/mol. The van der Waals surface area contributed by atoms with E-state index in [4.69, 9.17) is 61.6 Å². The Hall–Kier alpha value is -1.42. The third-order valence-corrected chi connectivity index (χ3v) is 20.3. The molecule has 0 aliphatic carbocycles. The fraction of sp³-hybridized carbons (Fsp3) is 0.895. The molecule has 0 unspecified atom stereocenters. The molecule has 30 atom stereocenters. The largest absolute Gasteiger partial charge is 0.390 e. The number of aliphatic hydroxyl groups is 3. The zero-order valence-corrected chi connectivity index (χ0v) is 43.6. The molecule has 0 radical (unpaired) electrons. The lowest BCUT2D eigenvalue weighted by Crippen LogP contribution is -2.63. The predicted octanol–water partition coefficient (Wildman–Crippen LogP) is 5.33. The molecule has 0 bridgehead atoms. The highest BCUT2D eigenvalue weighted by atomic mass is 16.7. The molecule has 13 rings (SSSR count). The summed E-state index contributed by atoms with van der Waals surface area (Å²) in [5, 5.41) is 35.9. The van der Waals surface area contributed by atoms with Crippen molar-refractivity contribution in [3.63, 3.8) is 0 Å². The maximum atomic E-state index is 12.4. The first-order valence-electron chi connectivity index (χ1n) is 28.9. The summed E-state index contributed by atoms with van der Waals surface area (Å²) in [7, 11) is 0. The summed E-state index contributed by atoms with van der Waals surface area (Å²) >= 11 is 0. The van der Waals surface area contributed by atoms with Gasteiger partial charge in [-0.3, -0.25) is 0 Å². The molecule has 13 aliphatic rings. The van der Waals surface area contributed by atoms with Gasteiger partial charge in [-0.15, -0.1) is 0 Å². The van der Waals surface area contributed by atoms with Gasteiger partial charge in [-0.25, -0.2) is 0 Å². The molecule has 16 heteroatoms. The van der Waals surface area contributed by atoms with Gasteiger partial charge in [-0.1, -0.05) is 64.2 Å². The van der Waals surface area contributed by atoms with Crippen LogP contribution in [0.2, 0.25) is 0 Å². The summed E-state index contributed by atoms with van der Waals surface area (Å²) in [4.78, 5) is 0. The molecule has 16 nitrogen and oxygen atoms in total. The van der Waals surface area contributed by atoms with E-state index >= 15 is 0 Å². The second-order valence-corrected chi connectivity index (χ2v) is 25.0. The Morgan fingerprint density at radius 3 is 1.95 bits per heavy atom. The van der Waals surface area contributed by atoms with Gasteiger partial charge in [0, 0.05) is 50.5 Å². The van der Waals surface area contributed by atoms with Gasteiger partial charge in [0.25, 0.3) is 0 Å². The summed E-state index contributed by atoms with van der Waals surface area (Å²) in [6.07, 6.45) is 13.6. The summed E-state index contributed by atoms with van der Waals surface area (Å²) < 4.78 is 89.2. The smallest absolute Gasteiger partial charge is 0.171 e. The van der Waals surface area contributed by atoms with Crippen molar-refractivity contribution in [1.82, 2.24) is 0 Å². The van der Waals surface area contributed by atoms with Crippen LogP contribution in [0.1, 0.15) is 125 Å². The minimum absolute atomic E-state index is 0.104. The van der Waals surface area contributed by atoms with E-state index in [2.05, 4.69) is 64.2 Å². The second kappa shape index (κ2) is 20.4. The van der Waals surface area contributed by atoms with Crippen LogP contribution in [0.3, 0.4) is 0 Å². The number of fused-ring (bicyclic) bond motifs is 11. The van der Waals surface area contributed by atoms with Gasteiger partial charge >= 0.3 is 0 Å². The van der Waals surface area contributed by atoms with Crippen molar-refractivity contribution < 1.29 is 76.9 Å². The number of aliphatic hydroxyl groups excluding tert-OH is 3. The fourth-order valence-electron chi connectivity index (χ4n) is 15.9. The highest BCUT2D eigenvalue weighted by Crippen LogP contribution is 2.52. The Morgan fingerprint density at radius 1 is 0.452 bits per heavy atom. The molecular weight excluding hydrogens is 941 g/mol. The van der Waals surface area contributed by atoms with Gasteiger partial charge in [0.1, 0.15) is 48.3 Å². The van der Waals surface area contributed by atoms with E-state index in [0.29, 0.717) is 58.2 Å². The molecule has 408 valence electrons. The first-order chi connectivity index (χ1) is 35.3. The van der Waals surface area contributed by atoms with Crippen LogP contribution in [0.15, 0.2) is 36.5 Å². The lowest BCUT2D eigenvalue weighted by Gasteiger charge is -2.53. The third-order valence-electron chi connectivity index (χ3n) is 20.3. The monoisotopic (exact) mass is 1020 g/mol. The topological polar surface area (TPSA) is 181 Å². The van der Waals surface area contributed by atoms with Crippen molar-refractivity contribution in [3.05, 3.63) is 36.5 Å². The van der Waals surface area contributed by atoms with E-state index in [1.54, 1.807) is 0 Å². The number of rotatable bonds is 0. The maximum absolute atomic E-state index is 12.4. The van der Waals surface area contributed by atoms with Gasteiger partial charge in [0.05, 0.1) is 110 Å². The van der Waals surface area contributed by atoms with Gasteiger partial charge in [0.2, 0.25) is 0 Å². The van der Waals surface area contributed by atoms with E-state index in [-0.39, 0.29) is 121 Å². The molecule has 73 heavy (non-hydrogen) atoms. The van der Waals surface area contributed by atoms with E-state index < -0.39 is 60.2 Å². The minimum atomic E-state index is -0.995. The van der Waals surface area contributed by atoms with Crippen LogP contribution < -0.4 is 0 Å². The van der Waals surface area contributed by atoms with E-state index in [9.17, 15) is 15.3 Å². The molecule has 13 aliphatic heterocycles. The third kappa shape index (κ3) is 9.24. The summed E-state index contributed by atoms with van der Waals surface area (Å²) in [6, 6.07) is 0. The normalized spacial score (nSPS) is 58.7. The molecule has 0 amide bonds. The van der Waals surface area contributed by atoms with Crippen molar-refractivity contribution >= 4 is 0 Å². The number of hydrogen-bond acceptors (Lipinski definition) is 16. The van der Waals surface area contributed by atoms with E-state index in [1.807, 2.05) is 6.92 Å². The SMILES string of the molecule is C[C@@H]1C[C@@H]2O[C@@H]3[C@@H](C)[C@H](O)[C@@H]4O[C@]5(CCCO5)[C@@H](C)[C@H](C)[C@H]4O[C@H]3C[C@H]2O[C@H]2C[C@H]3O[C@H]4C/C=C\C[C@H]5O[C@H]6C=C[C@H]7O[C@H]8[C@H](O)[C@H]9OCCCC[C@@H]9O[C@@H]8C[C@@H]7O[C@@H]6C/C=C\[C@@H]5O[C@@H]4C[C@@H](O)[C@]3(C)O[C@@H]2C1. The molecule has 10 fully saturated rings. The maximum Gasteiger partial charge on any atom is 0.171 e. The molecular formula is C57H84O16. The fourth-order valence-corrected chi connectivity index (χ4v) is 15.9. The molecule has 0 aromatic heterocycles. The van der Waals surface area contributed by atoms with E-state index in [1.165, 1.54) is 0 Å². The molecule has 10 saturated heterocycles. The van der Waals surface area contributed by atoms with E-state index in [0.717, 1.165) is 44.9 Å². The molecule has 0 saturated carbocycles. The van der Waals surface area contributed by atoms with Crippen molar-refractivity contribution in [2.24, 2.45) is 23.7 Å². The summed E-state index contributed by atoms with van der Waals surface area (Å²) in [5.41, 5.74) is -0.995. The van der Waals surface area contributed by atoms with Gasteiger partial charge in [-0.05, 0) is 76.5 Å². The highest BCUT2D eigenvalue weighted by Gasteiger charge is 2.62. The average Bonchev–Trinajstić information content (AvgIpc) is 3.55. The van der Waals surface area contributed by atoms with Crippen LogP contribution in [0.4, 0.5) is 0 Å². The van der Waals surface area contributed by atoms with Crippen LogP contribution >= 0.6 is 0 Å². The van der Waals surface area contributed by atoms with Crippen LogP contribution in [0.5, 0.6) is 0 Å². The lowest BCUT2D eigenvalue weighted by molar-refractivity contribution is -0.339. The Balaban J connectivity index is 0.694. The quantitative estimate of drug-likeness (QED) is 0.265. The highest BCUT2D eigenvalue weighted by molar-refractivity contribution is 5.14. The van der Waals surface area contributed by atoms with Gasteiger partial charge in [-0.2, -0.15) is 0 Å². The van der Waals surface area contributed by atoms with Crippen LogP contribution in [-0.2, 0) is 61.6 Å². The molecule has 3 N–H and O–H groups in total. The van der Waals surface area contributed by atoms with Crippen LogP contribution in [0, 0.1) is 23.7 Å². The Morgan fingerprint density at radius 2 is 1.11 bits per heavy atom. The first kappa shape index (κ1) is 51.0. The van der Waals surface area contributed by atoms with Gasteiger partial charge in [0.15, 0.2) is 5.79 Å². The lowest BCUT2D eigenvalue weighted by atomic mass is 9.76. The molecule has 0 aromatic rings. The number of hydrogen-bond donors (Lipinski definition) is 3. The minimum Gasteiger partial charge on any atom is -0.390 e. The summed E-state index contributed by atoms with van der Waals surface area (Å²) in [6.45, 7) is 12.1. The second-order valence-electron chi connectivity index (χ2n) is 25.0. The van der Waals surface area contributed by atoms with Gasteiger partial charge < -0.3 is 76.9 Å². The van der Waals surface area contributed by atoms with Crippen molar-refractivity contribution in [2.75, 3.05) is 13.2 Å². The Kier molecular flexibility index (Phi) is 14.2. The zero-order valence-electron chi connectivity index (χ0n) is 43.6. The standard InChI is InChI=1S/C57H84O16/c1-28-22-39-41(25-45-51(70-39)30(3)49(59)55-52(71-45)29(2)31(4)57(73-55)19-11-21-62-57)67-43-27-48-56(5,72-44(43)23-28)47(58)26-42-35(68-48)13-7-6-12-32-33(65-42)15-10-16-34-36(63-32)17-18-37-40(64-34)24-46-54(69-37)50(60)53-38(66-46)14-8-9-20-61-53/h6-7,10,15,17-18,28-55,58-60H,8-9,11-14,16,19-27H2,1-5H3/b7-6-,15-10-/t28-,29+,30+,31+,32-,33+,34-,35+,36+,37-,38+,39+,40+,41-,42-,43+,44-,45+,46-,47-,48-,49+,50-,51-,52-,53+,54-,55+,56+,57-/m1/s1. The van der Waals surface area contributed by atoms with Crippen molar-refractivity contribution in [3.8, 4) is 0 Å². The predicted molar refractivity (Wildman–Crippen MR) is 261 cm³/mol. The molecule has 0 aromatic carbocycles. The molecule has 13 heterocycles. The Labute approximate surface area is 431 Å². The zero-order chi connectivity index (χ0) is 49.9. The van der Waals surface area contributed by atoms with Crippen molar-refractivity contribution in [2.45, 2.75) is 282 Å². The van der Waals surface area contributed by atoms with Crippen LogP contribution in [0.25, 0.3) is 0 Å². The summed E-state index contributed by atoms with van der Waals surface area (Å²) in [5.74, 6) is -0.451. The Bertz CT molecular complexity index is 2030. The first-order valence-corrected chi connectivity index (χ1v) is 28.9. The van der Waals surface area contributed by atoms with Crippen molar-refractivity contribution in [1.29, 1.82) is 0 Å². The number of ether oxygens (including phenoxy) is 13. The van der Waals surface area contributed by atoms with Crippen LogP contribution in [-0.4, -0.2) is 186 Å². The molecule has 1 spiro atoms.